The molecule has 8 nitrogen and oxygen atoms in total. The molecule has 1 amide bonds. The van der Waals surface area contributed by atoms with Crippen LogP contribution in [-0.2, 0) is 0 Å². The molecular weight excluding hydrogens is 372 g/mol. The van der Waals surface area contributed by atoms with E-state index in [1.165, 1.54) is 6.07 Å². The Bertz CT molecular complexity index is 870. The van der Waals surface area contributed by atoms with Crippen LogP contribution >= 0.6 is 0 Å². The second-order valence-electron chi connectivity index (χ2n) is 6.37. The molecule has 0 radical (unpaired) electrons. The highest BCUT2D eigenvalue weighted by molar-refractivity contribution is 5.97. The Hall–Kier alpha value is -3.42. The number of para-hydroxylation sites is 1. The number of carbonyl (C=O) groups excluding carboxylic acids is 1. The van der Waals surface area contributed by atoms with Gasteiger partial charge in [-0.05, 0) is 31.2 Å². The van der Waals surface area contributed by atoms with Crippen LogP contribution in [-0.4, -0.2) is 49.8 Å². The van der Waals surface area contributed by atoms with Gasteiger partial charge in [-0.2, -0.15) is 0 Å². The summed E-state index contributed by atoms with van der Waals surface area (Å²) >= 11 is 0. The van der Waals surface area contributed by atoms with Gasteiger partial charge in [0.25, 0.3) is 5.91 Å². The van der Waals surface area contributed by atoms with Crippen LogP contribution < -0.4 is 25.4 Å². The normalized spacial score (nSPS) is 13.3. The number of nitrogens with one attached hydrogen (secondary N) is 3. The fourth-order valence-corrected chi connectivity index (χ4v) is 2.78. The van der Waals surface area contributed by atoms with E-state index in [1.807, 2.05) is 25.1 Å². The third-order valence-electron chi connectivity index (χ3n) is 4.17. The fourth-order valence-electron chi connectivity index (χ4n) is 2.78. The second kappa shape index (κ2) is 10.2. The van der Waals surface area contributed by atoms with Crippen molar-refractivity contribution in [3.63, 3.8) is 0 Å². The zero-order chi connectivity index (χ0) is 20.5. The Labute approximate surface area is 169 Å². The van der Waals surface area contributed by atoms with Gasteiger partial charge in [0.15, 0.2) is 17.5 Å². The molecule has 1 aliphatic rings. The van der Waals surface area contributed by atoms with Crippen molar-refractivity contribution in [3.05, 3.63) is 48.0 Å². The van der Waals surface area contributed by atoms with Gasteiger partial charge in [-0.3, -0.25) is 9.79 Å². The number of aliphatic imine (C=N–C) groups is 1. The van der Waals surface area contributed by atoms with Crippen LogP contribution in [0.25, 0.3) is 0 Å². The summed E-state index contributed by atoms with van der Waals surface area (Å²) in [6.45, 7) is 4.66. The maximum Gasteiger partial charge on any atom is 0.255 e. The molecule has 1 aliphatic heterocycles. The minimum Gasteiger partial charge on any atom is -0.507 e. The van der Waals surface area contributed by atoms with Crippen LogP contribution in [0.4, 0.5) is 5.69 Å². The number of phenols is 1. The van der Waals surface area contributed by atoms with Crippen molar-refractivity contribution < 1.29 is 19.4 Å². The van der Waals surface area contributed by atoms with E-state index in [2.05, 4.69) is 20.9 Å². The van der Waals surface area contributed by atoms with Crippen molar-refractivity contribution in [2.24, 2.45) is 4.99 Å². The molecule has 0 bridgehead atoms. The highest BCUT2D eigenvalue weighted by atomic mass is 16.5. The number of anilines is 1. The van der Waals surface area contributed by atoms with Gasteiger partial charge in [-0.25, -0.2) is 0 Å². The fraction of sp³-hybridized carbons (Fsp3) is 0.333. The molecule has 0 atom stereocenters. The summed E-state index contributed by atoms with van der Waals surface area (Å²) in [5.74, 6) is 1.66. The molecule has 0 spiro atoms. The van der Waals surface area contributed by atoms with E-state index in [-0.39, 0.29) is 17.2 Å². The third kappa shape index (κ3) is 5.78. The Morgan fingerprint density at radius 1 is 1.10 bits per heavy atom. The van der Waals surface area contributed by atoms with Crippen LogP contribution in [0.3, 0.4) is 0 Å². The van der Waals surface area contributed by atoms with E-state index in [4.69, 9.17) is 9.47 Å². The molecule has 3 rings (SSSR count). The highest BCUT2D eigenvalue weighted by Crippen LogP contribution is 2.32. The lowest BCUT2D eigenvalue weighted by atomic mass is 10.2. The monoisotopic (exact) mass is 398 g/mol. The van der Waals surface area contributed by atoms with Crippen LogP contribution in [0.2, 0.25) is 0 Å². The maximum atomic E-state index is 12.1. The van der Waals surface area contributed by atoms with Crippen LogP contribution in [0, 0.1) is 0 Å². The van der Waals surface area contributed by atoms with Crippen LogP contribution in [0.1, 0.15) is 23.7 Å². The van der Waals surface area contributed by atoms with E-state index in [1.54, 1.807) is 18.2 Å². The predicted octanol–water partition coefficient (Wildman–Crippen LogP) is 2.36. The molecule has 0 aromatic heterocycles. The second-order valence-corrected chi connectivity index (χ2v) is 6.37. The van der Waals surface area contributed by atoms with Gasteiger partial charge in [0.2, 0.25) is 0 Å². The molecule has 29 heavy (non-hydrogen) atoms. The molecule has 1 heterocycles. The topological polar surface area (TPSA) is 104 Å². The van der Waals surface area contributed by atoms with Gasteiger partial charge in [0.05, 0.1) is 25.3 Å². The van der Waals surface area contributed by atoms with Gasteiger partial charge in [0, 0.05) is 31.3 Å². The number of amides is 1. The number of phenolic OH excluding ortho intramolecular Hbond substituents is 1. The summed E-state index contributed by atoms with van der Waals surface area (Å²) in [5, 5.41) is 18.9. The van der Waals surface area contributed by atoms with E-state index < -0.39 is 0 Å². The van der Waals surface area contributed by atoms with Gasteiger partial charge in [0.1, 0.15) is 5.75 Å². The summed E-state index contributed by atoms with van der Waals surface area (Å²) in [6, 6.07) is 12.1. The molecule has 0 fully saturated rings. The molecule has 154 valence electrons. The molecule has 4 N–H and O–H groups in total. The van der Waals surface area contributed by atoms with Crippen LogP contribution in [0.15, 0.2) is 47.5 Å². The van der Waals surface area contributed by atoms with Crippen molar-refractivity contribution >= 4 is 17.6 Å². The van der Waals surface area contributed by atoms with Crippen molar-refractivity contribution in [3.8, 4) is 17.2 Å². The smallest absolute Gasteiger partial charge is 0.255 e. The summed E-state index contributed by atoms with van der Waals surface area (Å²) in [6.07, 6.45) is 0.855. The number of aromatic hydroxyl groups is 1. The van der Waals surface area contributed by atoms with Crippen molar-refractivity contribution in [2.45, 2.75) is 13.3 Å². The van der Waals surface area contributed by atoms with E-state index in [0.29, 0.717) is 44.6 Å². The van der Waals surface area contributed by atoms with Gasteiger partial charge in [-0.1, -0.05) is 12.1 Å². The average molecular weight is 398 g/mol. The molecule has 0 aliphatic carbocycles. The summed E-state index contributed by atoms with van der Waals surface area (Å²) in [7, 11) is 0. The van der Waals surface area contributed by atoms with E-state index in [0.717, 1.165) is 17.9 Å². The zero-order valence-corrected chi connectivity index (χ0v) is 16.4. The van der Waals surface area contributed by atoms with Crippen molar-refractivity contribution in [2.75, 3.05) is 38.2 Å². The number of guanidine groups is 1. The standard InChI is InChI=1S/C21H26N4O4/c1-2-22-21(24-11-10-23-20(27)16-6-3-4-7-17(16)26)25-15-8-9-18-19(14-15)29-13-5-12-28-18/h3-4,6-9,14,26H,2,5,10-13H2,1H3,(H,23,27)(H2,22,24,25). The Kier molecular flexibility index (Phi) is 7.16. The largest absolute Gasteiger partial charge is 0.507 e. The lowest BCUT2D eigenvalue weighted by Crippen LogP contribution is -2.32. The number of hydrogen-bond donors (Lipinski definition) is 4. The van der Waals surface area contributed by atoms with Crippen molar-refractivity contribution in [1.29, 1.82) is 0 Å². The number of nitrogens with zero attached hydrogens (tertiary/aromatic N) is 1. The number of ether oxygens (including phenoxy) is 2. The Morgan fingerprint density at radius 2 is 1.90 bits per heavy atom. The first-order valence-electron chi connectivity index (χ1n) is 9.68. The molecule has 0 unspecified atom stereocenters. The first-order chi connectivity index (χ1) is 14.2. The van der Waals surface area contributed by atoms with Crippen LogP contribution in [0.5, 0.6) is 17.2 Å². The predicted molar refractivity (Wildman–Crippen MR) is 112 cm³/mol. The minimum absolute atomic E-state index is 0.0436. The molecule has 0 saturated heterocycles. The maximum absolute atomic E-state index is 12.1. The van der Waals surface area contributed by atoms with E-state index in [9.17, 15) is 9.90 Å². The molecule has 2 aromatic carbocycles. The summed E-state index contributed by atoms with van der Waals surface area (Å²) in [5.41, 5.74) is 1.07. The first kappa shape index (κ1) is 20.3. The molecular formula is C21H26N4O4. The van der Waals surface area contributed by atoms with Crippen molar-refractivity contribution in [1.82, 2.24) is 10.6 Å². The molecule has 8 heteroatoms. The number of hydrogen-bond acceptors (Lipinski definition) is 5. The first-order valence-corrected chi connectivity index (χ1v) is 9.68. The Morgan fingerprint density at radius 3 is 2.69 bits per heavy atom. The van der Waals surface area contributed by atoms with Gasteiger partial charge < -0.3 is 30.5 Å². The SMILES string of the molecule is CCNC(=NCCNC(=O)c1ccccc1O)Nc1ccc2c(c1)OCCCO2. The Balaban J connectivity index is 1.56. The third-order valence-corrected chi connectivity index (χ3v) is 4.17. The number of fused-ring (bicyclic) bond motifs is 1. The highest BCUT2D eigenvalue weighted by Gasteiger charge is 2.12. The summed E-state index contributed by atoms with van der Waals surface area (Å²) < 4.78 is 11.4. The van der Waals surface area contributed by atoms with Gasteiger partial charge >= 0.3 is 0 Å². The lowest BCUT2D eigenvalue weighted by molar-refractivity contribution is 0.0952. The number of benzene rings is 2. The molecule has 0 saturated carbocycles. The minimum atomic E-state index is -0.334. The number of rotatable bonds is 6. The summed E-state index contributed by atoms with van der Waals surface area (Å²) in [4.78, 5) is 16.6. The molecule has 2 aromatic rings. The quantitative estimate of drug-likeness (QED) is 0.338. The number of carbonyl (C=O) groups is 1. The lowest BCUT2D eigenvalue weighted by Gasteiger charge is -2.14. The zero-order valence-electron chi connectivity index (χ0n) is 16.4. The average Bonchev–Trinajstić information content (AvgIpc) is 2.96. The van der Waals surface area contributed by atoms with E-state index >= 15 is 0 Å². The van der Waals surface area contributed by atoms with Gasteiger partial charge in [-0.15, -0.1) is 0 Å².